The molecule has 1 atom stereocenters. The summed E-state index contributed by atoms with van der Waals surface area (Å²) in [6, 6.07) is 11.9. The summed E-state index contributed by atoms with van der Waals surface area (Å²) in [5.41, 5.74) is 0.974. The molecule has 0 saturated carbocycles. The Labute approximate surface area is 151 Å². The first kappa shape index (κ1) is 18.9. The molecular formula is C18H20F2N2O3S. The van der Waals surface area contributed by atoms with Crippen LogP contribution in [-0.2, 0) is 14.8 Å². The van der Waals surface area contributed by atoms with Crippen molar-refractivity contribution in [3.05, 3.63) is 65.7 Å². The molecular weight excluding hydrogens is 362 g/mol. The summed E-state index contributed by atoms with van der Waals surface area (Å²) in [4.78, 5) is 1.84. The maximum atomic E-state index is 13.4. The van der Waals surface area contributed by atoms with Gasteiger partial charge in [-0.25, -0.2) is 21.9 Å². The number of sulfonamides is 1. The average Bonchev–Trinajstić information content (AvgIpc) is 2.66. The first-order valence-corrected chi connectivity index (χ1v) is 9.77. The Morgan fingerprint density at radius 2 is 1.73 bits per heavy atom. The molecule has 1 N–H and O–H groups in total. The normalized spacial score (nSPS) is 17.2. The highest BCUT2D eigenvalue weighted by atomic mass is 32.2. The molecule has 2 aromatic carbocycles. The van der Waals surface area contributed by atoms with Crippen LogP contribution in [0.3, 0.4) is 0 Å². The lowest BCUT2D eigenvalue weighted by Crippen LogP contribution is -2.43. The summed E-state index contributed by atoms with van der Waals surface area (Å²) in [6.07, 6.45) is 0. The van der Waals surface area contributed by atoms with Gasteiger partial charge in [0.15, 0.2) is 11.6 Å². The molecule has 0 amide bonds. The van der Waals surface area contributed by atoms with Crippen LogP contribution in [0.25, 0.3) is 0 Å². The van der Waals surface area contributed by atoms with Gasteiger partial charge in [0.25, 0.3) is 0 Å². The molecule has 1 saturated heterocycles. The molecule has 1 heterocycles. The number of halogens is 2. The van der Waals surface area contributed by atoms with Crippen LogP contribution in [-0.4, -0.2) is 46.2 Å². The Morgan fingerprint density at radius 1 is 1.04 bits per heavy atom. The van der Waals surface area contributed by atoms with Crippen LogP contribution < -0.4 is 4.72 Å². The zero-order chi connectivity index (χ0) is 18.6. The number of hydrogen-bond acceptors (Lipinski definition) is 4. The van der Waals surface area contributed by atoms with Crippen LogP contribution >= 0.6 is 0 Å². The topological polar surface area (TPSA) is 58.6 Å². The van der Waals surface area contributed by atoms with Gasteiger partial charge in [0.05, 0.1) is 18.1 Å². The number of ether oxygens (including phenoxy) is 1. The van der Waals surface area contributed by atoms with Gasteiger partial charge >= 0.3 is 0 Å². The van der Waals surface area contributed by atoms with Crippen molar-refractivity contribution in [3.63, 3.8) is 0 Å². The quantitative estimate of drug-likeness (QED) is 0.833. The molecule has 5 nitrogen and oxygen atoms in total. The van der Waals surface area contributed by atoms with Crippen LogP contribution in [0.1, 0.15) is 11.6 Å². The Balaban J connectivity index is 1.79. The number of morpholine rings is 1. The van der Waals surface area contributed by atoms with Gasteiger partial charge in [-0.2, -0.15) is 0 Å². The van der Waals surface area contributed by atoms with E-state index >= 15 is 0 Å². The van der Waals surface area contributed by atoms with E-state index in [0.717, 1.165) is 17.7 Å². The van der Waals surface area contributed by atoms with Crippen LogP contribution in [0.15, 0.2) is 53.4 Å². The zero-order valence-electron chi connectivity index (χ0n) is 14.1. The summed E-state index contributed by atoms with van der Waals surface area (Å²) >= 11 is 0. The molecule has 1 aliphatic heterocycles. The molecule has 0 aliphatic carbocycles. The van der Waals surface area contributed by atoms with Crippen molar-refractivity contribution < 1.29 is 21.9 Å². The SMILES string of the molecule is O=S(=O)(NC[C@@H](c1ccccc1)N1CCOCC1)c1ccc(F)c(F)c1. The molecule has 0 aromatic heterocycles. The van der Waals surface area contributed by atoms with Crippen molar-refractivity contribution in [2.24, 2.45) is 0 Å². The molecule has 0 bridgehead atoms. The van der Waals surface area contributed by atoms with E-state index in [1.807, 2.05) is 30.3 Å². The average molecular weight is 382 g/mol. The van der Waals surface area contributed by atoms with Gasteiger partial charge in [-0.05, 0) is 23.8 Å². The van der Waals surface area contributed by atoms with Gasteiger partial charge in [-0.1, -0.05) is 30.3 Å². The van der Waals surface area contributed by atoms with E-state index in [4.69, 9.17) is 4.74 Å². The second-order valence-corrected chi connectivity index (χ2v) is 7.77. The first-order chi connectivity index (χ1) is 12.5. The summed E-state index contributed by atoms with van der Waals surface area (Å²) in [5, 5.41) is 0. The number of rotatable bonds is 6. The van der Waals surface area contributed by atoms with E-state index in [0.29, 0.717) is 32.4 Å². The maximum Gasteiger partial charge on any atom is 0.240 e. The minimum absolute atomic E-state index is 0.116. The minimum atomic E-state index is -3.96. The van der Waals surface area contributed by atoms with E-state index < -0.39 is 21.7 Å². The second kappa shape index (κ2) is 8.22. The van der Waals surface area contributed by atoms with Gasteiger partial charge in [-0.15, -0.1) is 0 Å². The standard InChI is InChI=1S/C18H20F2N2O3S/c19-16-7-6-15(12-17(16)20)26(23,24)21-13-18(14-4-2-1-3-5-14)22-8-10-25-11-9-22/h1-7,12,18,21H,8-11,13H2/t18-/m0/s1. The van der Waals surface area contributed by atoms with E-state index in [1.54, 1.807) is 0 Å². The highest BCUT2D eigenvalue weighted by molar-refractivity contribution is 7.89. The fourth-order valence-corrected chi connectivity index (χ4v) is 3.99. The second-order valence-electron chi connectivity index (χ2n) is 6.00. The van der Waals surface area contributed by atoms with Crippen molar-refractivity contribution >= 4 is 10.0 Å². The molecule has 2 aromatic rings. The Kier molecular flexibility index (Phi) is 5.98. The third-order valence-corrected chi connectivity index (χ3v) is 5.76. The van der Waals surface area contributed by atoms with Crippen molar-refractivity contribution in [1.82, 2.24) is 9.62 Å². The van der Waals surface area contributed by atoms with Gasteiger partial charge in [0, 0.05) is 25.7 Å². The highest BCUT2D eigenvalue weighted by Gasteiger charge is 2.25. The van der Waals surface area contributed by atoms with Crippen molar-refractivity contribution in [1.29, 1.82) is 0 Å². The molecule has 8 heteroatoms. The largest absolute Gasteiger partial charge is 0.379 e. The Bertz CT molecular complexity index is 841. The van der Waals surface area contributed by atoms with Gasteiger partial charge in [0.2, 0.25) is 10.0 Å². The van der Waals surface area contributed by atoms with Gasteiger partial charge in [0.1, 0.15) is 0 Å². The van der Waals surface area contributed by atoms with E-state index in [2.05, 4.69) is 9.62 Å². The lowest BCUT2D eigenvalue weighted by atomic mass is 10.1. The third-order valence-electron chi connectivity index (χ3n) is 4.34. The molecule has 0 unspecified atom stereocenters. The number of hydrogen-bond donors (Lipinski definition) is 1. The highest BCUT2D eigenvalue weighted by Crippen LogP contribution is 2.22. The van der Waals surface area contributed by atoms with Crippen molar-refractivity contribution in [2.45, 2.75) is 10.9 Å². The van der Waals surface area contributed by atoms with Crippen molar-refractivity contribution in [3.8, 4) is 0 Å². The number of benzene rings is 2. The lowest BCUT2D eigenvalue weighted by Gasteiger charge is -2.34. The molecule has 1 fully saturated rings. The predicted molar refractivity (Wildman–Crippen MR) is 93.1 cm³/mol. The molecule has 1 aliphatic rings. The fourth-order valence-electron chi connectivity index (χ4n) is 2.94. The van der Waals surface area contributed by atoms with E-state index in [1.165, 1.54) is 0 Å². The zero-order valence-corrected chi connectivity index (χ0v) is 14.9. The molecule has 0 spiro atoms. The summed E-state index contributed by atoms with van der Waals surface area (Å²) < 4.78 is 59.3. The molecule has 140 valence electrons. The summed E-state index contributed by atoms with van der Waals surface area (Å²) in [5.74, 6) is -2.28. The predicted octanol–water partition coefficient (Wildman–Crippen LogP) is 2.32. The maximum absolute atomic E-state index is 13.4. The van der Waals surface area contributed by atoms with Crippen LogP contribution in [0.5, 0.6) is 0 Å². The Hall–Kier alpha value is -1.87. The van der Waals surface area contributed by atoms with Crippen LogP contribution in [0, 0.1) is 11.6 Å². The first-order valence-electron chi connectivity index (χ1n) is 8.29. The smallest absolute Gasteiger partial charge is 0.240 e. The molecule has 26 heavy (non-hydrogen) atoms. The third kappa shape index (κ3) is 4.45. The van der Waals surface area contributed by atoms with Crippen LogP contribution in [0.4, 0.5) is 8.78 Å². The monoisotopic (exact) mass is 382 g/mol. The fraction of sp³-hybridized carbons (Fsp3) is 0.333. The van der Waals surface area contributed by atoms with Gasteiger partial charge < -0.3 is 4.74 Å². The van der Waals surface area contributed by atoms with Crippen molar-refractivity contribution in [2.75, 3.05) is 32.8 Å². The summed E-state index contributed by atoms with van der Waals surface area (Å²) in [7, 11) is -3.96. The molecule has 3 rings (SSSR count). The van der Waals surface area contributed by atoms with E-state index in [9.17, 15) is 17.2 Å². The summed E-state index contributed by atoms with van der Waals surface area (Å²) in [6.45, 7) is 2.66. The lowest BCUT2D eigenvalue weighted by molar-refractivity contribution is 0.0172. The van der Waals surface area contributed by atoms with Crippen LogP contribution in [0.2, 0.25) is 0 Å². The van der Waals surface area contributed by atoms with E-state index in [-0.39, 0.29) is 17.5 Å². The number of nitrogens with one attached hydrogen (secondary N) is 1. The molecule has 0 radical (unpaired) electrons. The number of nitrogens with zero attached hydrogens (tertiary/aromatic N) is 1. The minimum Gasteiger partial charge on any atom is -0.379 e. The van der Waals surface area contributed by atoms with Gasteiger partial charge in [-0.3, -0.25) is 4.90 Å². The Morgan fingerprint density at radius 3 is 2.38 bits per heavy atom.